The first-order chi connectivity index (χ1) is 16.2. The average molecular weight is 499 g/mol. The quantitative estimate of drug-likeness (QED) is 0.113. The number of rotatable bonds is 4. The molecule has 0 atom stereocenters. The summed E-state index contributed by atoms with van der Waals surface area (Å²) >= 11 is 0. The van der Waals surface area contributed by atoms with Crippen molar-refractivity contribution in [2.24, 2.45) is 5.10 Å². The van der Waals surface area contributed by atoms with E-state index in [1.165, 1.54) is 0 Å². The van der Waals surface area contributed by atoms with Crippen molar-refractivity contribution < 1.29 is 26.6 Å². The van der Waals surface area contributed by atoms with Gasteiger partial charge in [0, 0.05) is 41.8 Å². The van der Waals surface area contributed by atoms with Crippen molar-refractivity contribution in [1.82, 2.24) is 15.0 Å². The molecule has 0 fully saturated rings. The standard InChI is InChI=1S/C14H13N3O2.C12H8N2.Cu/c1-19-13-4-2-3-11(9-13)10-16-17-14(18)12-5-7-15-8-6-12;1-3-9-5-6-10-4-2-8-14-12(10)11(9)13-7-1;/h2-10H,1H3,(H,17,18);1-8H;/q;;+2. The molecule has 5 rings (SSSR count). The zero-order valence-electron chi connectivity index (χ0n) is 18.2. The Labute approximate surface area is 207 Å². The smallest absolute Gasteiger partial charge is 0.497 e. The van der Waals surface area contributed by atoms with Crippen molar-refractivity contribution in [2.45, 2.75) is 0 Å². The number of amides is 1. The van der Waals surface area contributed by atoms with Crippen LogP contribution >= 0.6 is 0 Å². The van der Waals surface area contributed by atoms with Gasteiger partial charge in [0.25, 0.3) is 5.91 Å². The summed E-state index contributed by atoms with van der Waals surface area (Å²) in [6.45, 7) is 0. The maximum Gasteiger partial charge on any atom is 2.00 e. The van der Waals surface area contributed by atoms with Gasteiger partial charge in [0.2, 0.25) is 0 Å². The van der Waals surface area contributed by atoms with Gasteiger partial charge < -0.3 is 15.3 Å². The van der Waals surface area contributed by atoms with Gasteiger partial charge in [0.1, 0.15) is 5.75 Å². The Kier molecular flexibility index (Phi) is 8.80. The first-order valence-corrected chi connectivity index (χ1v) is 10.2. The minimum atomic E-state index is -0.151. The van der Waals surface area contributed by atoms with E-state index >= 15 is 0 Å². The molecule has 0 unspecified atom stereocenters. The fourth-order valence-corrected chi connectivity index (χ4v) is 3.11. The van der Waals surface area contributed by atoms with Crippen LogP contribution in [0.5, 0.6) is 5.75 Å². The predicted octanol–water partition coefficient (Wildman–Crippen LogP) is 5.13. The minimum Gasteiger partial charge on any atom is -0.497 e. The van der Waals surface area contributed by atoms with E-state index in [4.69, 9.17) is 4.74 Å². The van der Waals surface area contributed by atoms with Crippen LogP contribution in [0, 0.1) is 0 Å². The Morgan fingerprint density at radius 2 is 1.50 bits per heavy atom. The van der Waals surface area contributed by atoms with Crippen LogP contribution in [0.25, 0.3) is 27.2 Å². The van der Waals surface area contributed by atoms with E-state index in [0.29, 0.717) is 5.56 Å². The molecule has 1 radical (unpaired) electrons. The van der Waals surface area contributed by atoms with Crippen LogP contribution in [0.4, 0.5) is 0 Å². The second-order valence-electron chi connectivity index (χ2n) is 6.90. The van der Waals surface area contributed by atoms with Crippen molar-refractivity contribution in [3.05, 3.63) is 114 Å². The molecule has 34 heavy (non-hydrogen) atoms. The molecule has 171 valence electrons. The summed E-state index contributed by atoms with van der Waals surface area (Å²) in [5, 5.41) is 6.11. The van der Waals surface area contributed by atoms with Crippen molar-refractivity contribution in [3.63, 3.8) is 0 Å². The normalized spacial score (nSPS) is 10.3. The van der Waals surface area contributed by atoms with E-state index in [9.17, 15) is 4.79 Å². The SMILES string of the molecule is COc1cccc(C=N[N-]C(=[OH+])c2ccncc2)c1.[Cu+2].c1cnc2c(c1)ccc1cccnc12. The third kappa shape index (κ3) is 6.22. The molecule has 0 saturated heterocycles. The van der Waals surface area contributed by atoms with Crippen LogP contribution in [-0.2, 0) is 17.1 Å². The summed E-state index contributed by atoms with van der Waals surface area (Å²) in [6, 6.07) is 22.8. The number of aromatic nitrogens is 3. The van der Waals surface area contributed by atoms with Crippen molar-refractivity contribution >= 4 is 33.9 Å². The molecule has 1 amide bonds. The molecule has 1 N–H and O–H groups in total. The van der Waals surface area contributed by atoms with Crippen molar-refractivity contribution in [3.8, 4) is 5.75 Å². The Morgan fingerprint density at radius 1 is 0.853 bits per heavy atom. The summed E-state index contributed by atoms with van der Waals surface area (Å²) in [6.07, 6.45) is 8.30. The largest absolute Gasteiger partial charge is 2.00 e. The number of hydrogen-bond acceptors (Lipinski definition) is 5. The number of pyridine rings is 3. The molecule has 0 aliphatic heterocycles. The van der Waals surface area contributed by atoms with E-state index in [1.54, 1.807) is 50.2 Å². The van der Waals surface area contributed by atoms with Gasteiger partial charge in [-0.2, -0.15) is 0 Å². The fourth-order valence-electron chi connectivity index (χ4n) is 3.11. The number of nitrogens with zero attached hydrogens (tertiary/aromatic N) is 5. The van der Waals surface area contributed by atoms with Gasteiger partial charge in [-0.05, 0) is 42.0 Å². The Balaban J connectivity index is 0.000000192. The first-order valence-electron chi connectivity index (χ1n) is 10.2. The summed E-state index contributed by atoms with van der Waals surface area (Å²) in [5.41, 5.74) is 7.08. The van der Waals surface area contributed by atoms with Gasteiger partial charge >= 0.3 is 17.1 Å². The van der Waals surface area contributed by atoms with E-state index in [-0.39, 0.29) is 23.0 Å². The topological polar surface area (TPSA) is 95.8 Å². The second kappa shape index (κ2) is 12.2. The molecule has 0 aliphatic rings. The molecule has 0 spiro atoms. The molecule has 0 bridgehead atoms. The number of ether oxygens (including phenoxy) is 1. The van der Waals surface area contributed by atoms with Gasteiger partial charge in [-0.3, -0.25) is 19.7 Å². The van der Waals surface area contributed by atoms with Crippen LogP contribution < -0.4 is 4.74 Å². The summed E-state index contributed by atoms with van der Waals surface area (Å²) in [4.78, 5) is 22.2. The summed E-state index contributed by atoms with van der Waals surface area (Å²) in [5.74, 6) is 0.591. The maximum absolute atomic E-state index is 9.68. The second-order valence-corrected chi connectivity index (χ2v) is 6.90. The van der Waals surface area contributed by atoms with E-state index < -0.39 is 0 Å². The molecule has 3 aromatic heterocycles. The zero-order valence-corrected chi connectivity index (χ0v) is 19.1. The van der Waals surface area contributed by atoms with Crippen LogP contribution in [0.3, 0.4) is 0 Å². The Hall–Kier alpha value is -4.13. The number of hydrogen-bond donors (Lipinski definition) is 0. The fraction of sp³-hybridized carbons (Fsp3) is 0.0385. The van der Waals surface area contributed by atoms with Gasteiger partial charge in [-0.25, -0.2) is 0 Å². The number of benzene rings is 2. The van der Waals surface area contributed by atoms with E-state index in [1.807, 2.05) is 36.4 Å². The van der Waals surface area contributed by atoms with Crippen molar-refractivity contribution in [2.75, 3.05) is 7.11 Å². The summed E-state index contributed by atoms with van der Waals surface area (Å²) in [7, 11) is 1.60. The number of carbonyl (C=O) groups excluding carboxylic acids is 1. The molecule has 8 heteroatoms. The summed E-state index contributed by atoms with van der Waals surface area (Å²) < 4.78 is 5.10. The van der Waals surface area contributed by atoms with Crippen LogP contribution in [-0.4, -0.2) is 39.0 Å². The van der Waals surface area contributed by atoms with Crippen LogP contribution in [0.15, 0.2) is 103 Å². The number of methoxy groups -OCH3 is 1. The Morgan fingerprint density at radius 3 is 2.12 bits per heavy atom. The first kappa shape index (κ1) is 24.5. The van der Waals surface area contributed by atoms with Gasteiger partial charge in [-0.1, -0.05) is 36.4 Å². The monoisotopic (exact) mass is 498 g/mol. The molecular formula is C26H21CuN5O2+2. The predicted molar refractivity (Wildman–Crippen MR) is 131 cm³/mol. The molecule has 5 aromatic rings. The van der Waals surface area contributed by atoms with Gasteiger partial charge in [0.05, 0.1) is 23.7 Å². The van der Waals surface area contributed by atoms with Crippen LogP contribution in [0.1, 0.15) is 11.1 Å². The van der Waals surface area contributed by atoms with Gasteiger partial charge in [-0.15, -0.1) is 0 Å². The maximum atomic E-state index is 9.68. The minimum absolute atomic E-state index is 0. The molecular weight excluding hydrogens is 478 g/mol. The molecule has 2 aromatic carbocycles. The molecule has 7 nitrogen and oxygen atoms in total. The van der Waals surface area contributed by atoms with Crippen LogP contribution in [0.2, 0.25) is 0 Å². The van der Waals surface area contributed by atoms with Gasteiger partial charge in [0.15, 0.2) is 0 Å². The third-order valence-corrected chi connectivity index (χ3v) is 4.74. The van der Waals surface area contributed by atoms with Crippen molar-refractivity contribution in [1.29, 1.82) is 0 Å². The molecule has 0 aliphatic carbocycles. The van der Waals surface area contributed by atoms with E-state index in [0.717, 1.165) is 33.1 Å². The molecule has 0 saturated carbocycles. The third-order valence-electron chi connectivity index (χ3n) is 4.74. The average Bonchev–Trinajstić information content (AvgIpc) is 2.89. The molecule has 3 heterocycles. The van der Waals surface area contributed by atoms with E-state index in [2.05, 4.69) is 49.7 Å². The Bertz CT molecular complexity index is 1360. The number of fused-ring (bicyclic) bond motifs is 3. The zero-order chi connectivity index (χ0) is 22.9.